The Kier molecular flexibility index (Phi) is 3.57. The number of rotatable bonds is 3. The fraction of sp³-hybridized carbons (Fsp3) is 0.286. The topological polar surface area (TPSA) is 30.0 Å². The van der Waals surface area contributed by atoms with Crippen molar-refractivity contribution in [1.29, 1.82) is 0 Å². The molecule has 1 aromatic carbocycles. The maximum absolute atomic E-state index is 13.6. The summed E-state index contributed by atoms with van der Waals surface area (Å²) >= 11 is 1.49. The third-order valence-corrected chi connectivity index (χ3v) is 3.88. The van der Waals surface area contributed by atoms with E-state index in [1.54, 1.807) is 12.1 Å². The molecule has 0 bridgehead atoms. The summed E-state index contributed by atoms with van der Waals surface area (Å²) in [6, 6.07) is 4.58. The SMILES string of the molecule is Cc1ccc(F)c(C(=O)Cc2nc(C)c(C)s2)c1. The van der Waals surface area contributed by atoms with Gasteiger partial charge in [-0.3, -0.25) is 4.79 Å². The molecule has 2 aromatic rings. The number of thiazole rings is 1. The van der Waals surface area contributed by atoms with Crippen LogP contribution in [0.25, 0.3) is 0 Å². The molecule has 1 heterocycles. The number of aromatic nitrogens is 1. The van der Waals surface area contributed by atoms with Crippen molar-refractivity contribution >= 4 is 17.1 Å². The second-order valence-corrected chi connectivity index (χ2v) is 5.62. The van der Waals surface area contributed by atoms with Crippen LogP contribution in [0.15, 0.2) is 18.2 Å². The Hall–Kier alpha value is -1.55. The number of Topliss-reactive ketones (excluding diaryl/α,β-unsaturated/α-hetero) is 1. The second kappa shape index (κ2) is 4.98. The van der Waals surface area contributed by atoms with Gasteiger partial charge in [-0.25, -0.2) is 9.37 Å². The zero-order valence-corrected chi connectivity index (χ0v) is 11.4. The van der Waals surface area contributed by atoms with Crippen LogP contribution in [0.2, 0.25) is 0 Å². The minimum atomic E-state index is -0.462. The first-order valence-electron chi connectivity index (χ1n) is 5.69. The average molecular weight is 263 g/mol. The second-order valence-electron chi connectivity index (χ2n) is 4.33. The van der Waals surface area contributed by atoms with Crippen LogP contribution in [0.3, 0.4) is 0 Å². The monoisotopic (exact) mass is 263 g/mol. The summed E-state index contributed by atoms with van der Waals surface area (Å²) in [4.78, 5) is 17.4. The molecule has 0 aliphatic heterocycles. The molecule has 2 rings (SSSR count). The predicted molar refractivity (Wildman–Crippen MR) is 70.8 cm³/mol. The van der Waals surface area contributed by atoms with Gasteiger partial charge in [0.1, 0.15) is 10.8 Å². The van der Waals surface area contributed by atoms with Gasteiger partial charge in [0.05, 0.1) is 17.7 Å². The number of hydrogen-bond donors (Lipinski definition) is 0. The first-order valence-corrected chi connectivity index (χ1v) is 6.51. The molecule has 0 fully saturated rings. The molecule has 2 nitrogen and oxygen atoms in total. The fourth-order valence-electron chi connectivity index (χ4n) is 1.70. The van der Waals surface area contributed by atoms with E-state index < -0.39 is 5.82 Å². The number of carbonyl (C=O) groups is 1. The lowest BCUT2D eigenvalue weighted by Crippen LogP contribution is -2.06. The third-order valence-electron chi connectivity index (χ3n) is 2.81. The number of carbonyl (C=O) groups excluding carboxylic acids is 1. The van der Waals surface area contributed by atoms with Gasteiger partial charge >= 0.3 is 0 Å². The molecule has 0 aliphatic carbocycles. The number of aryl methyl sites for hydroxylation is 3. The van der Waals surface area contributed by atoms with E-state index in [-0.39, 0.29) is 17.8 Å². The van der Waals surface area contributed by atoms with Crippen molar-refractivity contribution in [2.24, 2.45) is 0 Å². The molecule has 0 saturated heterocycles. The highest BCUT2D eigenvalue weighted by molar-refractivity contribution is 7.11. The largest absolute Gasteiger partial charge is 0.294 e. The van der Waals surface area contributed by atoms with Crippen molar-refractivity contribution in [3.05, 3.63) is 50.7 Å². The molecule has 18 heavy (non-hydrogen) atoms. The van der Waals surface area contributed by atoms with Crippen molar-refractivity contribution in [3.8, 4) is 0 Å². The predicted octanol–water partition coefficient (Wildman–Crippen LogP) is 3.63. The van der Waals surface area contributed by atoms with Gasteiger partial charge in [0.15, 0.2) is 5.78 Å². The van der Waals surface area contributed by atoms with Crippen molar-refractivity contribution in [2.45, 2.75) is 27.2 Å². The van der Waals surface area contributed by atoms with Gasteiger partial charge in [0.25, 0.3) is 0 Å². The first-order chi connectivity index (χ1) is 8.47. The van der Waals surface area contributed by atoms with Gasteiger partial charge in [-0.15, -0.1) is 11.3 Å². The third kappa shape index (κ3) is 2.64. The van der Waals surface area contributed by atoms with E-state index in [1.807, 2.05) is 20.8 Å². The van der Waals surface area contributed by atoms with Gasteiger partial charge in [-0.05, 0) is 32.9 Å². The standard InChI is InChI=1S/C14H14FNOS/c1-8-4-5-12(15)11(6-8)13(17)7-14-16-9(2)10(3)18-14/h4-6H,7H2,1-3H3. The number of nitrogens with zero attached hydrogens (tertiary/aromatic N) is 1. The van der Waals surface area contributed by atoms with E-state index in [4.69, 9.17) is 0 Å². The molecule has 4 heteroatoms. The molecule has 0 saturated carbocycles. The Bertz CT molecular complexity index is 584. The Labute approximate surface area is 110 Å². The van der Waals surface area contributed by atoms with Crippen molar-refractivity contribution in [2.75, 3.05) is 0 Å². The van der Waals surface area contributed by atoms with E-state index in [2.05, 4.69) is 4.98 Å². The Morgan fingerprint density at radius 1 is 1.33 bits per heavy atom. The Morgan fingerprint density at radius 3 is 2.67 bits per heavy atom. The summed E-state index contributed by atoms with van der Waals surface area (Å²) in [5.74, 6) is -0.680. The highest BCUT2D eigenvalue weighted by Crippen LogP contribution is 2.19. The van der Waals surface area contributed by atoms with Gasteiger partial charge in [-0.1, -0.05) is 11.6 Å². The zero-order chi connectivity index (χ0) is 13.3. The molecule has 0 aliphatic rings. The van der Waals surface area contributed by atoms with Crippen molar-refractivity contribution in [3.63, 3.8) is 0 Å². The van der Waals surface area contributed by atoms with Crippen LogP contribution >= 0.6 is 11.3 Å². The van der Waals surface area contributed by atoms with Gasteiger partial charge in [0, 0.05) is 4.88 Å². The van der Waals surface area contributed by atoms with Crippen LogP contribution in [0.5, 0.6) is 0 Å². The molecule has 0 amide bonds. The van der Waals surface area contributed by atoms with E-state index in [1.165, 1.54) is 17.4 Å². The van der Waals surface area contributed by atoms with E-state index in [0.29, 0.717) is 0 Å². The molecular formula is C14H14FNOS. The Balaban J connectivity index is 2.24. The zero-order valence-electron chi connectivity index (χ0n) is 10.6. The Morgan fingerprint density at radius 2 is 2.06 bits per heavy atom. The minimum absolute atomic E-state index is 0.153. The quantitative estimate of drug-likeness (QED) is 0.791. The molecule has 1 aromatic heterocycles. The summed E-state index contributed by atoms with van der Waals surface area (Å²) in [5.41, 5.74) is 1.97. The van der Waals surface area contributed by atoms with Crippen LogP contribution in [0.1, 0.15) is 31.5 Å². The van der Waals surface area contributed by atoms with Crippen LogP contribution in [-0.4, -0.2) is 10.8 Å². The molecule has 0 N–H and O–H groups in total. The molecule has 0 spiro atoms. The minimum Gasteiger partial charge on any atom is -0.294 e. The van der Waals surface area contributed by atoms with E-state index >= 15 is 0 Å². The van der Waals surface area contributed by atoms with Crippen LogP contribution in [0.4, 0.5) is 4.39 Å². The maximum atomic E-state index is 13.6. The lowest BCUT2D eigenvalue weighted by atomic mass is 10.1. The van der Waals surface area contributed by atoms with E-state index in [0.717, 1.165) is 21.1 Å². The first kappa shape index (κ1) is 12.9. The normalized spacial score (nSPS) is 10.7. The summed E-state index contributed by atoms with van der Waals surface area (Å²) in [6.07, 6.45) is 0.166. The summed E-state index contributed by atoms with van der Waals surface area (Å²) in [6.45, 7) is 5.72. The van der Waals surface area contributed by atoms with Gasteiger partial charge in [0.2, 0.25) is 0 Å². The summed E-state index contributed by atoms with van der Waals surface area (Å²) in [5, 5.41) is 0.746. The highest BCUT2D eigenvalue weighted by atomic mass is 32.1. The smallest absolute Gasteiger partial charge is 0.172 e. The van der Waals surface area contributed by atoms with Gasteiger partial charge < -0.3 is 0 Å². The number of benzene rings is 1. The maximum Gasteiger partial charge on any atom is 0.172 e. The number of hydrogen-bond acceptors (Lipinski definition) is 3. The summed E-state index contributed by atoms with van der Waals surface area (Å²) in [7, 11) is 0. The molecule has 94 valence electrons. The van der Waals surface area contributed by atoms with E-state index in [9.17, 15) is 9.18 Å². The highest BCUT2D eigenvalue weighted by Gasteiger charge is 2.15. The lowest BCUT2D eigenvalue weighted by molar-refractivity contribution is 0.0989. The fourth-order valence-corrected chi connectivity index (χ4v) is 2.63. The number of halogens is 1. The van der Waals surface area contributed by atoms with Crippen LogP contribution < -0.4 is 0 Å². The van der Waals surface area contributed by atoms with Crippen molar-refractivity contribution < 1.29 is 9.18 Å². The number of ketones is 1. The molecule has 0 radical (unpaired) electrons. The van der Waals surface area contributed by atoms with Crippen molar-refractivity contribution in [1.82, 2.24) is 4.98 Å². The van der Waals surface area contributed by atoms with Crippen LogP contribution in [-0.2, 0) is 6.42 Å². The van der Waals surface area contributed by atoms with Crippen LogP contribution in [0, 0.1) is 26.6 Å². The molecule has 0 unspecified atom stereocenters. The average Bonchev–Trinajstić information content (AvgIpc) is 2.61. The summed E-state index contributed by atoms with van der Waals surface area (Å²) < 4.78 is 13.6. The lowest BCUT2D eigenvalue weighted by Gasteiger charge is -2.02. The molecular weight excluding hydrogens is 249 g/mol. The molecule has 0 atom stereocenters. The van der Waals surface area contributed by atoms with Gasteiger partial charge in [-0.2, -0.15) is 0 Å².